The highest BCUT2D eigenvalue weighted by atomic mass is 79.9. The maximum absolute atomic E-state index is 12.0. The van der Waals surface area contributed by atoms with Crippen LogP contribution < -0.4 is 0 Å². The van der Waals surface area contributed by atoms with E-state index in [1.807, 2.05) is 24.3 Å². The van der Waals surface area contributed by atoms with E-state index in [4.69, 9.17) is 0 Å². The molecule has 22 heavy (non-hydrogen) atoms. The van der Waals surface area contributed by atoms with Gasteiger partial charge in [0.25, 0.3) is 5.91 Å². The van der Waals surface area contributed by atoms with Crippen molar-refractivity contribution in [2.45, 2.75) is 0 Å². The predicted octanol–water partition coefficient (Wildman–Crippen LogP) is 4.57. The quantitative estimate of drug-likeness (QED) is 0.682. The monoisotopic (exact) mass is 357 g/mol. The molecule has 3 aromatic rings. The van der Waals surface area contributed by atoms with Crippen LogP contribution in [0.4, 0.5) is 5.69 Å². The molecule has 0 atom stereocenters. The Balaban J connectivity index is 1.97. The molecule has 110 valence electrons. The second-order valence-electron chi connectivity index (χ2n) is 4.76. The summed E-state index contributed by atoms with van der Waals surface area (Å²) in [5.74, 6) is -0.478. The Bertz CT molecular complexity index is 882. The summed E-state index contributed by atoms with van der Waals surface area (Å²) in [5.41, 5.74) is 1.56. The molecular formula is C16H12BrN3O2. The predicted molar refractivity (Wildman–Crippen MR) is 87.6 cm³/mol. The van der Waals surface area contributed by atoms with Gasteiger partial charge in [0.05, 0.1) is 5.52 Å². The standard InChI is InChI=1S/C16H12BrN3O2/c1-20-13-5-3-2-4-12(13)14(16(20)22)18-19-15(21)10-6-8-11(17)9-7-10/h2-9,22H,1H3. The molecule has 0 bridgehead atoms. The number of azo groups is 1. The van der Waals surface area contributed by atoms with Crippen molar-refractivity contribution in [1.29, 1.82) is 0 Å². The lowest BCUT2D eigenvalue weighted by Crippen LogP contribution is -1.92. The lowest BCUT2D eigenvalue weighted by atomic mass is 10.2. The molecule has 1 heterocycles. The van der Waals surface area contributed by atoms with Crippen molar-refractivity contribution in [3.8, 4) is 5.88 Å². The molecule has 5 nitrogen and oxygen atoms in total. The number of aromatic hydroxyl groups is 1. The van der Waals surface area contributed by atoms with E-state index in [-0.39, 0.29) is 5.88 Å². The number of amides is 1. The summed E-state index contributed by atoms with van der Waals surface area (Å²) in [7, 11) is 1.73. The largest absolute Gasteiger partial charge is 0.493 e. The zero-order chi connectivity index (χ0) is 15.7. The van der Waals surface area contributed by atoms with Crippen molar-refractivity contribution in [1.82, 2.24) is 4.57 Å². The third kappa shape index (κ3) is 2.53. The molecule has 3 rings (SSSR count). The van der Waals surface area contributed by atoms with Gasteiger partial charge in [-0.3, -0.25) is 4.79 Å². The van der Waals surface area contributed by atoms with E-state index in [1.165, 1.54) is 0 Å². The minimum atomic E-state index is -0.458. The number of para-hydroxylation sites is 1. The molecule has 0 saturated carbocycles. The van der Waals surface area contributed by atoms with E-state index in [9.17, 15) is 9.90 Å². The minimum absolute atomic E-state index is 0.0199. The van der Waals surface area contributed by atoms with Gasteiger partial charge in [0.1, 0.15) is 0 Å². The van der Waals surface area contributed by atoms with Gasteiger partial charge in [-0.1, -0.05) is 34.1 Å². The number of carbonyl (C=O) groups excluding carboxylic acids is 1. The molecule has 0 unspecified atom stereocenters. The van der Waals surface area contributed by atoms with Crippen LogP contribution in [0.15, 0.2) is 63.2 Å². The fourth-order valence-electron chi connectivity index (χ4n) is 2.20. The molecular weight excluding hydrogens is 346 g/mol. The van der Waals surface area contributed by atoms with Crippen LogP contribution in [0.5, 0.6) is 5.88 Å². The maximum atomic E-state index is 12.0. The highest BCUT2D eigenvalue weighted by Gasteiger charge is 2.14. The molecule has 6 heteroatoms. The molecule has 1 aromatic heterocycles. The van der Waals surface area contributed by atoms with Gasteiger partial charge >= 0.3 is 0 Å². The van der Waals surface area contributed by atoms with E-state index in [2.05, 4.69) is 26.2 Å². The second kappa shape index (κ2) is 5.73. The number of hydrogen-bond donors (Lipinski definition) is 1. The summed E-state index contributed by atoms with van der Waals surface area (Å²) in [4.78, 5) is 12.0. The van der Waals surface area contributed by atoms with Gasteiger partial charge in [-0.2, -0.15) is 0 Å². The molecule has 0 fully saturated rings. The summed E-state index contributed by atoms with van der Waals surface area (Å²) >= 11 is 3.31. The van der Waals surface area contributed by atoms with Gasteiger partial charge in [0.15, 0.2) is 5.69 Å². The summed E-state index contributed by atoms with van der Waals surface area (Å²) < 4.78 is 2.49. The number of halogens is 1. The summed E-state index contributed by atoms with van der Waals surface area (Å²) in [5, 5.41) is 18.5. The highest BCUT2D eigenvalue weighted by molar-refractivity contribution is 9.10. The third-order valence-corrected chi connectivity index (χ3v) is 3.91. The molecule has 0 aliphatic rings. The van der Waals surface area contributed by atoms with Crippen LogP contribution in [0.3, 0.4) is 0 Å². The first-order valence-corrected chi connectivity index (χ1v) is 7.35. The number of hydrogen-bond acceptors (Lipinski definition) is 3. The van der Waals surface area contributed by atoms with Crippen molar-refractivity contribution in [2.24, 2.45) is 17.3 Å². The normalized spacial score (nSPS) is 11.4. The first-order valence-electron chi connectivity index (χ1n) is 6.56. The number of aromatic nitrogens is 1. The third-order valence-electron chi connectivity index (χ3n) is 3.38. The van der Waals surface area contributed by atoms with E-state index in [0.29, 0.717) is 11.3 Å². The first-order chi connectivity index (χ1) is 10.6. The van der Waals surface area contributed by atoms with Crippen LogP contribution in [0.2, 0.25) is 0 Å². The first kappa shape index (κ1) is 14.5. The molecule has 0 radical (unpaired) electrons. The Morgan fingerprint density at radius 1 is 1.14 bits per heavy atom. The molecule has 0 aliphatic heterocycles. The molecule has 0 aliphatic carbocycles. The van der Waals surface area contributed by atoms with Gasteiger partial charge in [-0.15, -0.1) is 10.2 Å². The van der Waals surface area contributed by atoms with Crippen LogP contribution in [-0.4, -0.2) is 15.6 Å². The zero-order valence-corrected chi connectivity index (χ0v) is 13.3. The number of benzene rings is 2. The van der Waals surface area contributed by atoms with Gasteiger partial charge in [-0.25, -0.2) is 0 Å². The fourth-order valence-corrected chi connectivity index (χ4v) is 2.47. The van der Waals surface area contributed by atoms with Gasteiger partial charge in [-0.05, 0) is 30.3 Å². The lowest BCUT2D eigenvalue weighted by Gasteiger charge is -1.96. The summed E-state index contributed by atoms with van der Waals surface area (Å²) in [6.07, 6.45) is 0. The number of aryl methyl sites for hydroxylation is 1. The summed E-state index contributed by atoms with van der Waals surface area (Å²) in [6, 6.07) is 14.3. The van der Waals surface area contributed by atoms with Gasteiger partial charge in [0, 0.05) is 22.5 Å². The summed E-state index contributed by atoms with van der Waals surface area (Å²) in [6.45, 7) is 0. The van der Waals surface area contributed by atoms with Crippen molar-refractivity contribution in [3.05, 3.63) is 58.6 Å². The van der Waals surface area contributed by atoms with Crippen molar-refractivity contribution in [3.63, 3.8) is 0 Å². The van der Waals surface area contributed by atoms with Crippen LogP contribution in [0.1, 0.15) is 10.4 Å². The molecule has 0 saturated heterocycles. The number of carbonyl (C=O) groups is 1. The van der Waals surface area contributed by atoms with Crippen LogP contribution in [0, 0.1) is 0 Å². The lowest BCUT2D eigenvalue weighted by molar-refractivity contribution is 0.0995. The van der Waals surface area contributed by atoms with Crippen LogP contribution >= 0.6 is 15.9 Å². The van der Waals surface area contributed by atoms with Gasteiger partial charge in [0.2, 0.25) is 5.88 Å². The average Bonchev–Trinajstić information content (AvgIpc) is 2.78. The molecule has 2 aromatic carbocycles. The Labute approximate surface area is 135 Å². The average molecular weight is 358 g/mol. The molecule has 1 amide bonds. The van der Waals surface area contributed by atoms with Gasteiger partial charge < -0.3 is 9.67 Å². The topological polar surface area (TPSA) is 66.9 Å². The fraction of sp³-hybridized carbons (Fsp3) is 0.0625. The number of rotatable bonds is 2. The molecule has 1 N–H and O–H groups in total. The van der Waals surface area contributed by atoms with E-state index >= 15 is 0 Å². The Hall–Kier alpha value is -2.47. The van der Waals surface area contributed by atoms with E-state index in [0.717, 1.165) is 15.4 Å². The van der Waals surface area contributed by atoms with Crippen LogP contribution in [-0.2, 0) is 7.05 Å². The van der Waals surface area contributed by atoms with E-state index < -0.39 is 5.91 Å². The molecule has 0 spiro atoms. The SMILES string of the molecule is Cn1c(O)c(N=NC(=O)c2ccc(Br)cc2)c2ccccc21. The minimum Gasteiger partial charge on any atom is -0.493 e. The highest BCUT2D eigenvalue weighted by Crippen LogP contribution is 2.37. The van der Waals surface area contributed by atoms with Crippen molar-refractivity contribution < 1.29 is 9.90 Å². The number of nitrogens with zero attached hydrogens (tertiary/aromatic N) is 3. The zero-order valence-electron chi connectivity index (χ0n) is 11.7. The Morgan fingerprint density at radius 2 is 1.82 bits per heavy atom. The van der Waals surface area contributed by atoms with Crippen LogP contribution in [0.25, 0.3) is 10.9 Å². The second-order valence-corrected chi connectivity index (χ2v) is 5.68. The Kier molecular flexibility index (Phi) is 3.77. The van der Waals surface area contributed by atoms with Crippen molar-refractivity contribution in [2.75, 3.05) is 0 Å². The smallest absolute Gasteiger partial charge is 0.295 e. The number of fused-ring (bicyclic) bond motifs is 1. The van der Waals surface area contributed by atoms with Crippen molar-refractivity contribution >= 4 is 38.4 Å². The Morgan fingerprint density at radius 3 is 2.55 bits per heavy atom. The maximum Gasteiger partial charge on any atom is 0.295 e. The van der Waals surface area contributed by atoms with E-state index in [1.54, 1.807) is 35.9 Å².